The molecule has 0 heterocycles. The second kappa shape index (κ2) is 4.45. The summed E-state index contributed by atoms with van der Waals surface area (Å²) in [4.78, 5) is 20.6. The number of carboxylic acids is 1. The quantitative estimate of drug-likeness (QED) is 0.563. The van der Waals surface area contributed by atoms with Crippen LogP contribution in [0.1, 0.15) is 15.9 Å². The SMILES string of the molecule is O=CC#Cc1cc(C(=O)O)ccc1Cl. The molecule has 0 saturated carbocycles. The number of hydrogen-bond acceptors (Lipinski definition) is 2. The molecule has 0 bridgehead atoms. The fourth-order valence-electron chi connectivity index (χ4n) is 0.861. The molecule has 0 aliphatic rings. The first kappa shape index (κ1) is 10.3. The van der Waals surface area contributed by atoms with E-state index < -0.39 is 5.97 Å². The van der Waals surface area contributed by atoms with Crippen molar-refractivity contribution < 1.29 is 14.7 Å². The molecule has 0 atom stereocenters. The smallest absolute Gasteiger partial charge is 0.335 e. The molecule has 0 unspecified atom stereocenters. The number of aromatic carboxylic acids is 1. The van der Waals surface area contributed by atoms with Crippen LogP contribution in [0.3, 0.4) is 0 Å². The highest BCUT2D eigenvalue weighted by atomic mass is 35.5. The molecule has 1 rings (SSSR count). The van der Waals surface area contributed by atoms with Crippen LogP contribution in [0, 0.1) is 11.8 Å². The van der Waals surface area contributed by atoms with Gasteiger partial charge in [-0.3, -0.25) is 4.79 Å². The Morgan fingerprint density at radius 2 is 2.21 bits per heavy atom. The molecule has 4 heteroatoms. The first-order valence-electron chi connectivity index (χ1n) is 3.63. The van der Waals surface area contributed by atoms with Gasteiger partial charge in [0.2, 0.25) is 0 Å². The van der Waals surface area contributed by atoms with Crippen molar-refractivity contribution in [2.24, 2.45) is 0 Å². The molecule has 70 valence electrons. The Kier molecular flexibility index (Phi) is 3.27. The maximum absolute atomic E-state index is 10.6. The molecule has 3 nitrogen and oxygen atoms in total. The third kappa shape index (κ3) is 2.35. The number of halogens is 1. The standard InChI is InChI=1S/C10H5ClO3/c11-9-4-3-8(10(13)14)6-7(9)2-1-5-12/h3-6H,(H,13,14). The third-order valence-corrected chi connectivity index (χ3v) is 1.81. The lowest BCUT2D eigenvalue weighted by Crippen LogP contribution is -1.96. The summed E-state index contributed by atoms with van der Waals surface area (Å²) in [5.41, 5.74) is 0.420. The van der Waals surface area contributed by atoms with E-state index in [1.54, 1.807) is 0 Å². The van der Waals surface area contributed by atoms with E-state index in [-0.39, 0.29) is 5.56 Å². The second-order valence-corrected chi connectivity index (χ2v) is 2.79. The van der Waals surface area contributed by atoms with E-state index in [1.807, 2.05) is 0 Å². The van der Waals surface area contributed by atoms with Crippen LogP contribution in [0.25, 0.3) is 0 Å². The zero-order valence-electron chi connectivity index (χ0n) is 6.95. The van der Waals surface area contributed by atoms with Crippen LogP contribution in [0.2, 0.25) is 5.02 Å². The van der Waals surface area contributed by atoms with Gasteiger partial charge in [-0.2, -0.15) is 0 Å². The Morgan fingerprint density at radius 3 is 2.79 bits per heavy atom. The third-order valence-electron chi connectivity index (χ3n) is 1.48. The number of carbonyl (C=O) groups is 2. The topological polar surface area (TPSA) is 54.4 Å². The van der Waals surface area contributed by atoms with Gasteiger partial charge in [-0.25, -0.2) is 4.79 Å². The Morgan fingerprint density at radius 1 is 1.50 bits per heavy atom. The van der Waals surface area contributed by atoms with E-state index in [9.17, 15) is 9.59 Å². The van der Waals surface area contributed by atoms with E-state index in [0.717, 1.165) is 0 Å². The van der Waals surface area contributed by atoms with Crippen molar-refractivity contribution in [1.82, 2.24) is 0 Å². The average Bonchev–Trinajstić information content (AvgIpc) is 2.16. The van der Waals surface area contributed by atoms with Gasteiger partial charge in [0.25, 0.3) is 0 Å². The lowest BCUT2D eigenvalue weighted by Gasteiger charge is -1.97. The summed E-state index contributed by atoms with van der Waals surface area (Å²) in [6.07, 6.45) is 0.420. The van der Waals surface area contributed by atoms with Gasteiger partial charge in [0.05, 0.1) is 10.6 Å². The molecule has 1 aromatic carbocycles. The highest BCUT2D eigenvalue weighted by molar-refractivity contribution is 6.31. The summed E-state index contributed by atoms with van der Waals surface area (Å²) in [5, 5.41) is 8.99. The first-order valence-corrected chi connectivity index (χ1v) is 4.01. The molecule has 0 aliphatic heterocycles. The zero-order chi connectivity index (χ0) is 10.6. The first-order chi connectivity index (χ1) is 6.65. The van der Waals surface area contributed by atoms with Crippen molar-refractivity contribution >= 4 is 23.9 Å². The number of hydrogen-bond donors (Lipinski definition) is 1. The molecular weight excluding hydrogens is 204 g/mol. The van der Waals surface area contributed by atoms with Gasteiger partial charge < -0.3 is 5.11 Å². The molecule has 0 fully saturated rings. The van der Waals surface area contributed by atoms with Crippen molar-refractivity contribution in [3.8, 4) is 11.8 Å². The van der Waals surface area contributed by atoms with Gasteiger partial charge in [-0.05, 0) is 24.1 Å². The van der Waals surface area contributed by atoms with Crippen LogP contribution in [0.15, 0.2) is 18.2 Å². The fourth-order valence-corrected chi connectivity index (χ4v) is 1.03. The number of benzene rings is 1. The second-order valence-electron chi connectivity index (χ2n) is 2.39. The molecule has 0 aliphatic carbocycles. The number of aldehydes is 1. The maximum atomic E-state index is 10.6. The van der Waals surface area contributed by atoms with Crippen LogP contribution in [-0.4, -0.2) is 17.4 Å². The highest BCUT2D eigenvalue weighted by Crippen LogP contribution is 2.16. The summed E-state index contributed by atoms with van der Waals surface area (Å²) < 4.78 is 0. The van der Waals surface area contributed by atoms with Crippen LogP contribution in [0.4, 0.5) is 0 Å². The summed E-state index contributed by atoms with van der Waals surface area (Å²) >= 11 is 5.73. The van der Waals surface area contributed by atoms with Crippen LogP contribution in [0.5, 0.6) is 0 Å². The van der Waals surface area contributed by atoms with Gasteiger partial charge in [0, 0.05) is 5.56 Å². The molecular formula is C10H5ClO3. The molecule has 1 aromatic rings. The number of carboxylic acid groups (broad SMARTS) is 1. The van der Waals surface area contributed by atoms with Gasteiger partial charge in [-0.15, -0.1) is 0 Å². The average molecular weight is 209 g/mol. The van der Waals surface area contributed by atoms with Crippen molar-refractivity contribution in [2.45, 2.75) is 0 Å². The van der Waals surface area contributed by atoms with E-state index >= 15 is 0 Å². The van der Waals surface area contributed by atoms with Crippen LogP contribution >= 0.6 is 11.6 Å². The van der Waals surface area contributed by atoms with Crippen molar-refractivity contribution in [1.29, 1.82) is 0 Å². The largest absolute Gasteiger partial charge is 0.478 e. The minimum Gasteiger partial charge on any atom is -0.478 e. The molecule has 0 radical (unpaired) electrons. The molecule has 0 saturated heterocycles. The van der Waals surface area contributed by atoms with E-state index in [2.05, 4.69) is 11.8 Å². The molecule has 1 N–H and O–H groups in total. The highest BCUT2D eigenvalue weighted by Gasteiger charge is 2.05. The van der Waals surface area contributed by atoms with Crippen LogP contribution in [-0.2, 0) is 4.79 Å². The van der Waals surface area contributed by atoms with Crippen molar-refractivity contribution in [2.75, 3.05) is 0 Å². The van der Waals surface area contributed by atoms with E-state index in [4.69, 9.17) is 16.7 Å². The monoisotopic (exact) mass is 208 g/mol. The Labute approximate surface area is 85.3 Å². The Balaban J connectivity index is 3.21. The number of carbonyl (C=O) groups excluding carboxylic acids is 1. The number of rotatable bonds is 1. The van der Waals surface area contributed by atoms with Crippen molar-refractivity contribution in [3.05, 3.63) is 34.3 Å². The molecule has 0 spiro atoms. The van der Waals surface area contributed by atoms with Gasteiger partial charge in [-0.1, -0.05) is 17.5 Å². The normalized spacial score (nSPS) is 8.64. The minimum absolute atomic E-state index is 0.0876. The summed E-state index contributed by atoms with van der Waals surface area (Å²) in [5.74, 6) is 3.55. The van der Waals surface area contributed by atoms with E-state index in [0.29, 0.717) is 16.9 Å². The lowest BCUT2D eigenvalue weighted by molar-refractivity contribution is -0.103. The summed E-state index contributed by atoms with van der Waals surface area (Å²) in [6, 6.07) is 4.12. The predicted molar refractivity (Wildman–Crippen MR) is 51.4 cm³/mol. The summed E-state index contributed by atoms with van der Waals surface area (Å²) in [7, 11) is 0. The molecule has 14 heavy (non-hydrogen) atoms. The minimum atomic E-state index is -1.06. The van der Waals surface area contributed by atoms with Gasteiger partial charge in [0.15, 0.2) is 6.29 Å². The summed E-state index contributed by atoms with van der Waals surface area (Å²) in [6.45, 7) is 0. The lowest BCUT2D eigenvalue weighted by atomic mass is 10.1. The van der Waals surface area contributed by atoms with E-state index in [1.165, 1.54) is 18.2 Å². The fraction of sp³-hybridized carbons (Fsp3) is 0. The van der Waals surface area contributed by atoms with Gasteiger partial charge >= 0.3 is 5.97 Å². The predicted octanol–water partition coefficient (Wildman–Crippen LogP) is 1.59. The van der Waals surface area contributed by atoms with Crippen LogP contribution < -0.4 is 0 Å². The molecule has 0 amide bonds. The Bertz CT molecular complexity index is 440. The molecule has 0 aromatic heterocycles. The zero-order valence-corrected chi connectivity index (χ0v) is 7.71. The Hall–Kier alpha value is -1.79. The van der Waals surface area contributed by atoms with Gasteiger partial charge in [0.1, 0.15) is 0 Å². The van der Waals surface area contributed by atoms with Crippen molar-refractivity contribution in [3.63, 3.8) is 0 Å². The maximum Gasteiger partial charge on any atom is 0.335 e.